The van der Waals surface area contributed by atoms with Crippen molar-refractivity contribution >= 4 is 23.3 Å². The number of urea groups is 1. The summed E-state index contributed by atoms with van der Waals surface area (Å²) in [6, 6.07) is 5.23. The fourth-order valence-electron chi connectivity index (χ4n) is 1.84. The van der Waals surface area contributed by atoms with Crippen LogP contribution >= 0.6 is 11.6 Å². The van der Waals surface area contributed by atoms with Crippen LogP contribution in [0.4, 0.5) is 10.5 Å². The Kier molecular flexibility index (Phi) is 4.29. The minimum absolute atomic E-state index is 0.181. The number of benzene rings is 1. The largest absolute Gasteiger partial charge is 0.323 e. The van der Waals surface area contributed by atoms with E-state index >= 15 is 0 Å². The molecule has 1 heterocycles. The van der Waals surface area contributed by atoms with E-state index in [2.05, 4.69) is 10.4 Å². The molecule has 0 aliphatic heterocycles. The number of amides is 2. The van der Waals surface area contributed by atoms with Gasteiger partial charge in [0.25, 0.3) is 0 Å². The molecule has 0 fully saturated rings. The standard InChI is InChI=1S/C14H17ClN4O/c1-10-4-5-12(15)6-13(10)17-14(20)18(2)8-11-7-16-19(3)9-11/h4-7,9H,8H2,1-3H3,(H,17,20). The quantitative estimate of drug-likeness (QED) is 0.945. The third-order valence-electron chi connectivity index (χ3n) is 2.97. The maximum atomic E-state index is 12.1. The molecule has 2 aromatic rings. The molecule has 0 unspecified atom stereocenters. The van der Waals surface area contributed by atoms with E-state index < -0.39 is 0 Å². The highest BCUT2D eigenvalue weighted by Gasteiger charge is 2.11. The lowest BCUT2D eigenvalue weighted by atomic mass is 10.2. The third kappa shape index (κ3) is 3.51. The molecule has 6 heteroatoms. The Morgan fingerprint density at radius 2 is 2.25 bits per heavy atom. The van der Waals surface area contributed by atoms with E-state index in [-0.39, 0.29) is 6.03 Å². The predicted molar refractivity (Wildman–Crippen MR) is 79.9 cm³/mol. The number of carbonyl (C=O) groups excluding carboxylic acids is 1. The van der Waals surface area contributed by atoms with Crippen molar-refractivity contribution in [2.24, 2.45) is 7.05 Å². The smallest absolute Gasteiger partial charge is 0.321 e. The Bertz CT molecular complexity index is 623. The maximum absolute atomic E-state index is 12.1. The van der Waals surface area contributed by atoms with Crippen molar-refractivity contribution in [1.82, 2.24) is 14.7 Å². The van der Waals surface area contributed by atoms with Gasteiger partial charge in [0.2, 0.25) is 0 Å². The summed E-state index contributed by atoms with van der Waals surface area (Å²) in [5.74, 6) is 0. The number of anilines is 1. The zero-order valence-electron chi connectivity index (χ0n) is 11.7. The predicted octanol–water partition coefficient (Wildman–Crippen LogP) is 3.05. The molecule has 0 saturated carbocycles. The molecule has 0 aliphatic rings. The van der Waals surface area contributed by atoms with E-state index in [1.165, 1.54) is 0 Å². The second-order valence-electron chi connectivity index (χ2n) is 4.77. The fourth-order valence-corrected chi connectivity index (χ4v) is 2.01. The minimum atomic E-state index is -0.181. The fraction of sp³-hybridized carbons (Fsp3) is 0.286. The first-order valence-electron chi connectivity index (χ1n) is 6.21. The van der Waals surface area contributed by atoms with Crippen molar-refractivity contribution in [2.75, 3.05) is 12.4 Å². The molecule has 2 amide bonds. The van der Waals surface area contributed by atoms with E-state index in [1.807, 2.05) is 26.2 Å². The van der Waals surface area contributed by atoms with Crippen LogP contribution in [0.5, 0.6) is 0 Å². The molecule has 0 atom stereocenters. The molecule has 1 N–H and O–H groups in total. The Labute approximate surface area is 123 Å². The average molecular weight is 293 g/mol. The number of nitrogens with zero attached hydrogens (tertiary/aromatic N) is 3. The topological polar surface area (TPSA) is 50.2 Å². The van der Waals surface area contributed by atoms with Crippen LogP contribution in [0.2, 0.25) is 5.02 Å². The van der Waals surface area contributed by atoms with Crippen LogP contribution in [0.15, 0.2) is 30.6 Å². The maximum Gasteiger partial charge on any atom is 0.321 e. The van der Waals surface area contributed by atoms with Gasteiger partial charge >= 0.3 is 6.03 Å². The molecule has 2 rings (SSSR count). The van der Waals surface area contributed by atoms with Crippen LogP contribution in [0.25, 0.3) is 0 Å². The van der Waals surface area contributed by atoms with E-state index in [0.29, 0.717) is 11.6 Å². The van der Waals surface area contributed by atoms with Gasteiger partial charge in [-0.1, -0.05) is 17.7 Å². The average Bonchev–Trinajstić information content (AvgIpc) is 2.79. The Balaban J connectivity index is 2.02. The Hall–Kier alpha value is -2.01. The zero-order valence-corrected chi connectivity index (χ0v) is 12.5. The van der Waals surface area contributed by atoms with Gasteiger partial charge in [0.1, 0.15) is 0 Å². The summed E-state index contributed by atoms with van der Waals surface area (Å²) in [7, 11) is 3.58. The molecule has 0 aliphatic carbocycles. The number of nitrogens with one attached hydrogen (secondary N) is 1. The summed E-state index contributed by atoms with van der Waals surface area (Å²) in [6.07, 6.45) is 3.63. The normalized spacial score (nSPS) is 10.4. The highest BCUT2D eigenvalue weighted by molar-refractivity contribution is 6.31. The summed E-state index contributed by atoms with van der Waals surface area (Å²) in [4.78, 5) is 13.7. The third-order valence-corrected chi connectivity index (χ3v) is 3.20. The van der Waals surface area contributed by atoms with Crippen molar-refractivity contribution in [2.45, 2.75) is 13.5 Å². The second kappa shape index (κ2) is 5.96. The molecule has 0 bridgehead atoms. The summed E-state index contributed by atoms with van der Waals surface area (Å²) < 4.78 is 1.71. The lowest BCUT2D eigenvalue weighted by Crippen LogP contribution is -2.31. The molecule has 106 valence electrons. The zero-order chi connectivity index (χ0) is 14.7. The van der Waals surface area contributed by atoms with Gasteiger partial charge in [-0.2, -0.15) is 5.10 Å². The number of carbonyl (C=O) groups is 1. The van der Waals surface area contributed by atoms with Crippen LogP contribution in [0.1, 0.15) is 11.1 Å². The van der Waals surface area contributed by atoms with E-state index in [1.54, 1.807) is 35.0 Å². The van der Waals surface area contributed by atoms with Crippen molar-refractivity contribution in [3.63, 3.8) is 0 Å². The van der Waals surface area contributed by atoms with Crippen molar-refractivity contribution in [3.8, 4) is 0 Å². The molecule has 0 radical (unpaired) electrons. The molecular formula is C14H17ClN4O. The number of hydrogen-bond acceptors (Lipinski definition) is 2. The Morgan fingerprint density at radius 3 is 2.90 bits per heavy atom. The first-order valence-corrected chi connectivity index (χ1v) is 6.59. The summed E-state index contributed by atoms with van der Waals surface area (Å²) >= 11 is 5.94. The van der Waals surface area contributed by atoms with Gasteiger partial charge in [0.15, 0.2) is 0 Å². The van der Waals surface area contributed by atoms with Gasteiger partial charge in [-0.05, 0) is 24.6 Å². The molecule has 0 spiro atoms. The first kappa shape index (κ1) is 14.4. The molecule has 20 heavy (non-hydrogen) atoms. The van der Waals surface area contributed by atoms with Crippen LogP contribution in [0.3, 0.4) is 0 Å². The van der Waals surface area contributed by atoms with E-state index in [0.717, 1.165) is 16.8 Å². The van der Waals surface area contributed by atoms with Gasteiger partial charge in [-0.25, -0.2) is 4.79 Å². The van der Waals surface area contributed by atoms with Crippen molar-refractivity contribution < 1.29 is 4.79 Å². The monoisotopic (exact) mass is 292 g/mol. The van der Waals surface area contributed by atoms with E-state index in [4.69, 9.17) is 11.6 Å². The number of hydrogen-bond donors (Lipinski definition) is 1. The van der Waals surface area contributed by atoms with Crippen molar-refractivity contribution in [3.05, 3.63) is 46.7 Å². The summed E-state index contributed by atoms with van der Waals surface area (Å²) in [5.41, 5.74) is 2.67. The lowest BCUT2D eigenvalue weighted by Gasteiger charge is -2.18. The van der Waals surface area contributed by atoms with Crippen molar-refractivity contribution in [1.29, 1.82) is 0 Å². The Morgan fingerprint density at radius 1 is 1.50 bits per heavy atom. The van der Waals surface area contributed by atoms with Gasteiger partial charge in [-0.3, -0.25) is 4.68 Å². The molecule has 0 saturated heterocycles. The molecular weight excluding hydrogens is 276 g/mol. The molecule has 5 nitrogen and oxygen atoms in total. The van der Waals surface area contributed by atoms with Crippen LogP contribution in [0, 0.1) is 6.92 Å². The first-order chi connectivity index (χ1) is 9.45. The van der Waals surface area contributed by atoms with Gasteiger partial charge in [0.05, 0.1) is 12.7 Å². The number of rotatable bonds is 3. The molecule has 1 aromatic heterocycles. The van der Waals surface area contributed by atoms with Crippen LogP contribution in [-0.2, 0) is 13.6 Å². The van der Waals surface area contributed by atoms with Crippen LogP contribution < -0.4 is 5.32 Å². The highest BCUT2D eigenvalue weighted by atomic mass is 35.5. The van der Waals surface area contributed by atoms with Crippen LogP contribution in [-0.4, -0.2) is 27.8 Å². The lowest BCUT2D eigenvalue weighted by molar-refractivity contribution is 0.220. The summed E-state index contributed by atoms with van der Waals surface area (Å²) in [6.45, 7) is 2.42. The van der Waals surface area contributed by atoms with Gasteiger partial charge in [-0.15, -0.1) is 0 Å². The van der Waals surface area contributed by atoms with E-state index in [9.17, 15) is 4.79 Å². The van der Waals surface area contributed by atoms with Gasteiger partial charge in [0, 0.05) is 36.6 Å². The second-order valence-corrected chi connectivity index (χ2v) is 5.20. The SMILES string of the molecule is Cc1ccc(Cl)cc1NC(=O)N(C)Cc1cnn(C)c1. The highest BCUT2D eigenvalue weighted by Crippen LogP contribution is 2.20. The molecule has 1 aromatic carbocycles. The van der Waals surface area contributed by atoms with Gasteiger partial charge < -0.3 is 10.2 Å². The number of halogens is 1. The minimum Gasteiger partial charge on any atom is -0.323 e. The summed E-state index contributed by atoms with van der Waals surface area (Å²) in [5, 5.41) is 7.53. The number of aryl methyl sites for hydroxylation is 2. The number of aromatic nitrogens is 2.